The van der Waals surface area contributed by atoms with Crippen LogP contribution in [0, 0.1) is 0 Å². The van der Waals surface area contributed by atoms with Crippen molar-refractivity contribution in [1.82, 2.24) is 0 Å². The lowest BCUT2D eigenvalue weighted by Crippen LogP contribution is -2.10. The molecular formula is C13H18ClNO. The fourth-order valence-electron chi connectivity index (χ4n) is 1.42. The minimum atomic E-state index is 0.0898. The Balaban J connectivity index is 2.45. The summed E-state index contributed by atoms with van der Waals surface area (Å²) in [4.78, 5) is 11.4. The van der Waals surface area contributed by atoms with E-state index in [1.807, 2.05) is 24.3 Å². The molecule has 0 aromatic heterocycles. The smallest absolute Gasteiger partial charge is 0.224 e. The summed E-state index contributed by atoms with van der Waals surface area (Å²) in [5.41, 5.74) is 2.06. The number of aryl methyl sites for hydroxylation is 1. The largest absolute Gasteiger partial charge is 0.326 e. The van der Waals surface area contributed by atoms with Crippen molar-refractivity contribution < 1.29 is 4.79 Å². The van der Waals surface area contributed by atoms with Crippen molar-refractivity contribution in [3.63, 3.8) is 0 Å². The zero-order valence-corrected chi connectivity index (χ0v) is 10.4. The highest BCUT2D eigenvalue weighted by Crippen LogP contribution is 2.11. The van der Waals surface area contributed by atoms with Gasteiger partial charge in [0.15, 0.2) is 0 Å². The van der Waals surface area contributed by atoms with Crippen molar-refractivity contribution in [2.75, 3.05) is 11.2 Å². The normalized spacial score (nSPS) is 10.1. The third kappa shape index (κ3) is 4.67. The third-order valence-electron chi connectivity index (χ3n) is 2.38. The molecule has 1 aromatic rings. The highest BCUT2D eigenvalue weighted by atomic mass is 35.5. The molecule has 1 rings (SSSR count). The van der Waals surface area contributed by atoms with Gasteiger partial charge in [0.1, 0.15) is 0 Å². The Labute approximate surface area is 102 Å². The molecule has 88 valence electrons. The van der Waals surface area contributed by atoms with Crippen LogP contribution in [-0.4, -0.2) is 11.8 Å². The number of hydrogen-bond donors (Lipinski definition) is 1. The van der Waals surface area contributed by atoms with Gasteiger partial charge in [-0.05, 0) is 30.5 Å². The second-order valence-corrected chi connectivity index (χ2v) is 4.17. The number of carbonyl (C=O) groups is 1. The molecule has 2 nitrogen and oxygen atoms in total. The first-order valence-electron chi connectivity index (χ1n) is 5.71. The molecule has 1 amide bonds. The second-order valence-electron chi connectivity index (χ2n) is 3.79. The highest BCUT2D eigenvalue weighted by Gasteiger charge is 2.01. The van der Waals surface area contributed by atoms with Crippen LogP contribution in [0.4, 0.5) is 5.69 Å². The first-order valence-corrected chi connectivity index (χ1v) is 6.24. The maximum absolute atomic E-state index is 11.4. The van der Waals surface area contributed by atoms with Crippen LogP contribution in [0.3, 0.4) is 0 Å². The maximum atomic E-state index is 11.4. The van der Waals surface area contributed by atoms with E-state index in [2.05, 4.69) is 12.2 Å². The molecule has 0 saturated heterocycles. The molecule has 0 saturated carbocycles. The van der Waals surface area contributed by atoms with Crippen molar-refractivity contribution in [1.29, 1.82) is 0 Å². The number of nitrogens with one attached hydrogen (secondary N) is 1. The summed E-state index contributed by atoms with van der Waals surface area (Å²) >= 11 is 5.65. The SMILES string of the molecule is CCCCC(=O)Nc1ccc(CCCl)cc1. The lowest BCUT2D eigenvalue weighted by atomic mass is 10.1. The summed E-state index contributed by atoms with van der Waals surface area (Å²) in [6, 6.07) is 7.84. The quantitative estimate of drug-likeness (QED) is 0.756. The molecule has 1 N–H and O–H groups in total. The van der Waals surface area contributed by atoms with Gasteiger partial charge < -0.3 is 5.32 Å². The number of benzene rings is 1. The van der Waals surface area contributed by atoms with Crippen LogP contribution in [-0.2, 0) is 11.2 Å². The molecule has 0 fully saturated rings. The number of hydrogen-bond acceptors (Lipinski definition) is 1. The van der Waals surface area contributed by atoms with E-state index in [4.69, 9.17) is 11.6 Å². The zero-order chi connectivity index (χ0) is 11.8. The Kier molecular flexibility index (Phi) is 5.94. The van der Waals surface area contributed by atoms with Crippen molar-refractivity contribution in [3.05, 3.63) is 29.8 Å². The monoisotopic (exact) mass is 239 g/mol. The van der Waals surface area contributed by atoms with E-state index in [0.29, 0.717) is 12.3 Å². The van der Waals surface area contributed by atoms with Crippen LogP contribution >= 0.6 is 11.6 Å². The maximum Gasteiger partial charge on any atom is 0.224 e. The molecule has 0 unspecified atom stereocenters. The molecule has 0 aliphatic rings. The molecule has 0 spiro atoms. The van der Waals surface area contributed by atoms with Crippen molar-refractivity contribution in [2.45, 2.75) is 32.6 Å². The Morgan fingerprint density at radius 3 is 2.56 bits per heavy atom. The summed E-state index contributed by atoms with van der Waals surface area (Å²) in [6.45, 7) is 2.08. The lowest BCUT2D eigenvalue weighted by Gasteiger charge is -2.05. The van der Waals surface area contributed by atoms with Crippen LogP contribution < -0.4 is 5.32 Å². The molecule has 0 heterocycles. The molecule has 0 radical (unpaired) electrons. The van der Waals surface area contributed by atoms with Gasteiger partial charge in [-0.2, -0.15) is 0 Å². The van der Waals surface area contributed by atoms with Crippen molar-refractivity contribution in [2.24, 2.45) is 0 Å². The van der Waals surface area contributed by atoms with Gasteiger partial charge in [-0.1, -0.05) is 25.5 Å². The number of alkyl halides is 1. The average Bonchev–Trinajstić information content (AvgIpc) is 2.29. The van der Waals surface area contributed by atoms with Crippen molar-refractivity contribution >= 4 is 23.2 Å². The number of anilines is 1. The van der Waals surface area contributed by atoms with Crippen LogP contribution in [0.2, 0.25) is 0 Å². The Morgan fingerprint density at radius 2 is 2.00 bits per heavy atom. The first-order chi connectivity index (χ1) is 7.76. The zero-order valence-electron chi connectivity index (χ0n) is 9.63. The van der Waals surface area contributed by atoms with Gasteiger partial charge in [0.25, 0.3) is 0 Å². The minimum Gasteiger partial charge on any atom is -0.326 e. The van der Waals surface area contributed by atoms with Gasteiger partial charge in [0, 0.05) is 18.0 Å². The Bertz CT molecular complexity index is 321. The second kappa shape index (κ2) is 7.29. The molecule has 1 aromatic carbocycles. The van der Waals surface area contributed by atoms with Gasteiger partial charge in [0.2, 0.25) is 5.91 Å². The number of unbranched alkanes of at least 4 members (excludes halogenated alkanes) is 1. The molecular weight excluding hydrogens is 222 g/mol. The molecule has 0 aliphatic heterocycles. The number of halogens is 1. The van der Waals surface area contributed by atoms with Gasteiger partial charge in [-0.25, -0.2) is 0 Å². The highest BCUT2D eigenvalue weighted by molar-refractivity contribution is 6.17. The van der Waals surface area contributed by atoms with Crippen LogP contribution in [0.5, 0.6) is 0 Å². The standard InChI is InChI=1S/C13H18ClNO/c1-2-3-4-13(16)15-12-7-5-11(6-8-12)9-10-14/h5-8H,2-4,9-10H2,1H3,(H,15,16). The minimum absolute atomic E-state index is 0.0898. The summed E-state index contributed by atoms with van der Waals surface area (Å²) in [6.07, 6.45) is 3.45. The van der Waals surface area contributed by atoms with Crippen LogP contribution in [0.25, 0.3) is 0 Å². The molecule has 16 heavy (non-hydrogen) atoms. The molecule has 0 atom stereocenters. The molecule has 3 heteroatoms. The predicted octanol–water partition coefficient (Wildman–Crippen LogP) is 3.60. The predicted molar refractivity (Wildman–Crippen MR) is 69.0 cm³/mol. The van der Waals surface area contributed by atoms with E-state index in [0.717, 1.165) is 24.9 Å². The Hall–Kier alpha value is -1.02. The molecule has 0 aliphatic carbocycles. The lowest BCUT2D eigenvalue weighted by molar-refractivity contribution is -0.116. The van der Waals surface area contributed by atoms with E-state index >= 15 is 0 Å². The first kappa shape index (κ1) is 13.0. The fourth-order valence-corrected chi connectivity index (χ4v) is 1.64. The van der Waals surface area contributed by atoms with Gasteiger partial charge in [0.05, 0.1) is 0 Å². The topological polar surface area (TPSA) is 29.1 Å². The van der Waals surface area contributed by atoms with E-state index in [1.165, 1.54) is 5.56 Å². The van der Waals surface area contributed by atoms with Gasteiger partial charge >= 0.3 is 0 Å². The van der Waals surface area contributed by atoms with Crippen LogP contribution in [0.1, 0.15) is 31.7 Å². The van der Waals surface area contributed by atoms with Crippen LogP contribution in [0.15, 0.2) is 24.3 Å². The van der Waals surface area contributed by atoms with E-state index in [1.54, 1.807) is 0 Å². The number of rotatable bonds is 6. The fraction of sp³-hybridized carbons (Fsp3) is 0.462. The molecule has 0 bridgehead atoms. The Morgan fingerprint density at radius 1 is 1.31 bits per heavy atom. The summed E-state index contributed by atoms with van der Waals surface area (Å²) in [5, 5.41) is 2.87. The van der Waals surface area contributed by atoms with E-state index < -0.39 is 0 Å². The van der Waals surface area contributed by atoms with Gasteiger partial charge in [-0.3, -0.25) is 4.79 Å². The third-order valence-corrected chi connectivity index (χ3v) is 2.57. The number of amides is 1. The summed E-state index contributed by atoms with van der Waals surface area (Å²) in [7, 11) is 0. The van der Waals surface area contributed by atoms with E-state index in [-0.39, 0.29) is 5.91 Å². The summed E-state index contributed by atoms with van der Waals surface area (Å²) in [5.74, 6) is 0.717. The number of carbonyl (C=O) groups excluding carboxylic acids is 1. The summed E-state index contributed by atoms with van der Waals surface area (Å²) < 4.78 is 0. The van der Waals surface area contributed by atoms with Crippen molar-refractivity contribution in [3.8, 4) is 0 Å². The van der Waals surface area contributed by atoms with Gasteiger partial charge in [-0.15, -0.1) is 11.6 Å². The van der Waals surface area contributed by atoms with E-state index in [9.17, 15) is 4.79 Å². The average molecular weight is 240 g/mol.